The van der Waals surface area contributed by atoms with Crippen molar-refractivity contribution in [2.75, 3.05) is 17.1 Å². The third-order valence-corrected chi connectivity index (χ3v) is 6.11. The molecule has 0 unspecified atom stereocenters. The Balaban J connectivity index is 2.24. The molecular weight excluding hydrogens is 478 g/mol. The lowest BCUT2D eigenvalue weighted by Gasteiger charge is -2.18. The minimum atomic E-state index is -3.61. The molecule has 0 amide bonds. The molecule has 0 atom stereocenters. The van der Waals surface area contributed by atoms with Crippen LogP contribution in [0, 0.1) is 11.6 Å². The molecule has 1 aromatic heterocycles. The first kappa shape index (κ1) is 24.5. The first-order valence-corrected chi connectivity index (χ1v) is 11.9. The fraction of sp³-hybridized carbons (Fsp3) is 0.227. The molecule has 11 heteroatoms. The molecule has 0 aliphatic rings. The van der Waals surface area contributed by atoms with Crippen LogP contribution >= 0.6 is 11.6 Å². The number of pyridine rings is 1. The Morgan fingerprint density at radius 3 is 2.30 bits per heavy atom. The molecule has 3 rings (SSSR count). The minimum Gasteiger partial charge on any atom is -0.493 e. The SMILES string of the molecule is CCOc1cc(=O)n(C)cc1-c1cc(NS(=O)(=O)CC)ccc1Oc1c(F)cc(Cl)cc1F. The van der Waals surface area contributed by atoms with Gasteiger partial charge in [0, 0.05) is 41.1 Å². The molecular formula is C22H21ClF2N2O5S. The van der Waals surface area contributed by atoms with Crippen molar-refractivity contribution in [1.82, 2.24) is 4.57 Å². The van der Waals surface area contributed by atoms with Crippen molar-refractivity contribution in [3.8, 4) is 28.4 Å². The number of halogens is 3. The Bertz CT molecular complexity index is 1340. The van der Waals surface area contributed by atoms with Gasteiger partial charge in [-0.1, -0.05) is 11.6 Å². The van der Waals surface area contributed by atoms with E-state index in [1.807, 2.05) is 0 Å². The normalized spacial score (nSPS) is 11.3. The smallest absolute Gasteiger partial charge is 0.254 e. The summed E-state index contributed by atoms with van der Waals surface area (Å²) in [5, 5.41) is -0.140. The van der Waals surface area contributed by atoms with Gasteiger partial charge >= 0.3 is 0 Å². The zero-order valence-electron chi connectivity index (χ0n) is 18.0. The highest BCUT2D eigenvalue weighted by Gasteiger charge is 2.20. The van der Waals surface area contributed by atoms with E-state index in [2.05, 4.69) is 4.72 Å². The molecule has 0 aliphatic carbocycles. The number of nitrogens with one attached hydrogen (secondary N) is 1. The summed E-state index contributed by atoms with van der Waals surface area (Å²) in [7, 11) is -2.09. The second-order valence-electron chi connectivity index (χ2n) is 6.95. The first-order valence-electron chi connectivity index (χ1n) is 9.85. The van der Waals surface area contributed by atoms with Crippen LogP contribution < -0.4 is 19.8 Å². The van der Waals surface area contributed by atoms with E-state index in [0.29, 0.717) is 5.56 Å². The monoisotopic (exact) mass is 498 g/mol. The van der Waals surface area contributed by atoms with Gasteiger partial charge in [-0.25, -0.2) is 17.2 Å². The van der Waals surface area contributed by atoms with Crippen molar-refractivity contribution < 1.29 is 26.7 Å². The van der Waals surface area contributed by atoms with E-state index in [1.165, 1.54) is 49.0 Å². The van der Waals surface area contributed by atoms with Gasteiger partial charge in [-0.05, 0) is 44.2 Å². The molecule has 1 N–H and O–H groups in total. The predicted octanol–water partition coefficient (Wildman–Crippen LogP) is 4.94. The summed E-state index contributed by atoms with van der Waals surface area (Å²) in [6.07, 6.45) is 1.46. The number of rotatable bonds is 8. The Labute approximate surface area is 194 Å². The summed E-state index contributed by atoms with van der Waals surface area (Å²) in [5.74, 6) is -2.71. The number of hydrogen-bond acceptors (Lipinski definition) is 5. The first-order chi connectivity index (χ1) is 15.5. The standard InChI is InChI=1S/C22H21ClF2N2O5S/c1-4-31-20-11-21(28)27(3)12-16(20)15-10-14(26-33(29,30)5-2)6-7-19(15)32-22-17(24)8-13(23)9-18(22)25/h6-12,26H,4-5H2,1-3H3. The number of nitrogens with zero attached hydrogens (tertiary/aromatic N) is 1. The fourth-order valence-electron chi connectivity index (χ4n) is 2.97. The summed E-state index contributed by atoms with van der Waals surface area (Å²) in [5.41, 5.74) is 0.426. The average Bonchev–Trinajstić information content (AvgIpc) is 2.74. The van der Waals surface area contributed by atoms with Gasteiger partial charge in [0.1, 0.15) is 11.5 Å². The molecule has 33 heavy (non-hydrogen) atoms. The summed E-state index contributed by atoms with van der Waals surface area (Å²) in [6.45, 7) is 3.44. The Morgan fingerprint density at radius 1 is 1.03 bits per heavy atom. The second-order valence-corrected chi connectivity index (χ2v) is 9.40. The number of anilines is 1. The maximum absolute atomic E-state index is 14.4. The zero-order chi connectivity index (χ0) is 24.3. The fourth-order valence-corrected chi connectivity index (χ4v) is 3.79. The van der Waals surface area contributed by atoms with Gasteiger partial charge in [0.2, 0.25) is 10.0 Å². The van der Waals surface area contributed by atoms with Crippen LogP contribution in [-0.2, 0) is 17.1 Å². The maximum Gasteiger partial charge on any atom is 0.254 e. The highest BCUT2D eigenvalue weighted by molar-refractivity contribution is 7.92. The highest BCUT2D eigenvalue weighted by atomic mass is 35.5. The molecule has 0 saturated heterocycles. The summed E-state index contributed by atoms with van der Waals surface area (Å²) >= 11 is 5.69. The zero-order valence-corrected chi connectivity index (χ0v) is 19.6. The van der Waals surface area contributed by atoms with Crippen LogP contribution in [0.3, 0.4) is 0 Å². The van der Waals surface area contributed by atoms with E-state index >= 15 is 0 Å². The Kier molecular flexibility index (Phi) is 7.28. The van der Waals surface area contributed by atoms with E-state index < -0.39 is 27.4 Å². The van der Waals surface area contributed by atoms with E-state index in [0.717, 1.165) is 12.1 Å². The average molecular weight is 499 g/mol. The van der Waals surface area contributed by atoms with Gasteiger partial charge in [-0.3, -0.25) is 9.52 Å². The molecule has 0 aliphatic heterocycles. The van der Waals surface area contributed by atoms with Crippen molar-refractivity contribution in [2.45, 2.75) is 13.8 Å². The van der Waals surface area contributed by atoms with Gasteiger partial charge in [0.25, 0.3) is 5.56 Å². The Hall–Kier alpha value is -3.11. The number of aryl methyl sites for hydroxylation is 1. The minimum absolute atomic E-state index is 0.00540. The second kappa shape index (κ2) is 9.80. The molecule has 176 valence electrons. The predicted molar refractivity (Wildman–Crippen MR) is 123 cm³/mol. The molecule has 0 saturated carbocycles. The van der Waals surface area contributed by atoms with Crippen LogP contribution in [0.4, 0.5) is 14.5 Å². The lowest BCUT2D eigenvalue weighted by atomic mass is 10.0. The van der Waals surface area contributed by atoms with Crippen molar-refractivity contribution in [1.29, 1.82) is 0 Å². The van der Waals surface area contributed by atoms with Gasteiger partial charge in [0.05, 0.1) is 12.4 Å². The molecule has 3 aromatic rings. The lowest BCUT2D eigenvalue weighted by molar-refractivity contribution is 0.340. The molecule has 0 spiro atoms. The van der Waals surface area contributed by atoms with Gasteiger partial charge in [-0.15, -0.1) is 0 Å². The number of hydrogen-bond donors (Lipinski definition) is 1. The van der Waals surface area contributed by atoms with Crippen molar-refractivity contribution >= 4 is 27.3 Å². The van der Waals surface area contributed by atoms with Crippen molar-refractivity contribution in [3.05, 3.63) is 69.6 Å². The molecule has 2 aromatic carbocycles. The van der Waals surface area contributed by atoms with E-state index in [-0.39, 0.29) is 45.7 Å². The van der Waals surface area contributed by atoms with E-state index in [4.69, 9.17) is 21.1 Å². The lowest BCUT2D eigenvalue weighted by Crippen LogP contribution is -2.16. The van der Waals surface area contributed by atoms with Crippen molar-refractivity contribution in [2.24, 2.45) is 7.05 Å². The third kappa shape index (κ3) is 5.63. The number of sulfonamides is 1. The molecule has 0 bridgehead atoms. The van der Waals surface area contributed by atoms with Crippen molar-refractivity contribution in [3.63, 3.8) is 0 Å². The molecule has 0 fully saturated rings. The van der Waals surface area contributed by atoms with E-state index in [1.54, 1.807) is 6.92 Å². The summed E-state index contributed by atoms with van der Waals surface area (Å²) in [6, 6.07) is 7.24. The number of benzene rings is 2. The maximum atomic E-state index is 14.4. The molecule has 7 nitrogen and oxygen atoms in total. The quantitative estimate of drug-likeness (QED) is 0.475. The Morgan fingerprint density at radius 2 is 1.70 bits per heavy atom. The van der Waals surface area contributed by atoms with Gasteiger partial charge in [0.15, 0.2) is 17.4 Å². The molecule has 1 heterocycles. The summed E-state index contributed by atoms with van der Waals surface area (Å²) in [4.78, 5) is 12.1. The summed E-state index contributed by atoms with van der Waals surface area (Å²) < 4.78 is 67.7. The third-order valence-electron chi connectivity index (χ3n) is 4.59. The van der Waals surface area contributed by atoms with Crippen LogP contribution in [0.1, 0.15) is 13.8 Å². The van der Waals surface area contributed by atoms with Crippen LogP contribution in [0.2, 0.25) is 5.02 Å². The highest BCUT2D eigenvalue weighted by Crippen LogP contribution is 2.41. The van der Waals surface area contributed by atoms with Crippen LogP contribution in [0.5, 0.6) is 17.2 Å². The molecule has 0 radical (unpaired) electrons. The topological polar surface area (TPSA) is 86.6 Å². The van der Waals surface area contributed by atoms with Gasteiger partial charge < -0.3 is 14.0 Å². The largest absolute Gasteiger partial charge is 0.493 e. The van der Waals surface area contributed by atoms with Gasteiger partial charge in [-0.2, -0.15) is 0 Å². The van der Waals surface area contributed by atoms with Crippen LogP contribution in [-0.4, -0.2) is 25.3 Å². The number of ether oxygens (including phenoxy) is 2. The number of aromatic nitrogens is 1. The van der Waals surface area contributed by atoms with Crippen LogP contribution in [0.25, 0.3) is 11.1 Å². The van der Waals surface area contributed by atoms with Crippen LogP contribution in [0.15, 0.2) is 47.4 Å². The van der Waals surface area contributed by atoms with E-state index in [9.17, 15) is 22.0 Å².